The summed E-state index contributed by atoms with van der Waals surface area (Å²) in [5.41, 5.74) is 7.36. The number of amidine groups is 1. The van der Waals surface area contributed by atoms with Gasteiger partial charge in [0.2, 0.25) is 12.7 Å². The van der Waals surface area contributed by atoms with E-state index in [2.05, 4.69) is 10.1 Å². The number of nitrogens with zero attached hydrogens (tertiary/aromatic N) is 2. The standard InChI is InChI=1S/C20H16ClN3O4/c21-16-8-13(9-17-19(16)26-12-25-17)11-27-24-20(22)14-6-7-18(23-10-14)28-15-4-2-1-3-5-15/h1-10H,11-12H2,(H2,22,24). The molecule has 3 aromatic rings. The van der Waals surface area contributed by atoms with E-state index in [0.29, 0.717) is 33.7 Å². The number of benzene rings is 2. The Morgan fingerprint density at radius 1 is 1.14 bits per heavy atom. The van der Waals surface area contributed by atoms with E-state index in [1.165, 1.54) is 0 Å². The summed E-state index contributed by atoms with van der Waals surface area (Å²) in [6.45, 7) is 0.334. The second-order valence-electron chi connectivity index (χ2n) is 5.86. The van der Waals surface area contributed by atoms with Crippen LogP contribution >= 0.6 is 11.6 Å². The molecule has 2 N–H and O–H groups in total. The molecule has 0 amide bonds. The van der Waals surface area contributed by atoms with Crippen LogP contribution < -0.4 is 19.9 Å². The van der Waals surface area contributed by atoms with Crippen LogP contribution in [0.25, 0.3) is 0 Å². The Morgan fingerprint density at radius 3 is 2.79 bits per heavy atom. The summed E-state index contributed by atoms with van der Waals surface area (Å²) in [7, 11) is 0. The van der Waals surface area contributed by atoms with E-state index in [0.717, 1.165) is 5.56 Å². The molecule has 1 aromatic heterocycles. The molecule has 0 fully saturated rings. The van der Waals surface area contributed by atoms with Gasteiger partial charge in [0.1, 0.15) is 12.4 Å². The Labute approximate surface area is 166 Å². The van der Waals surface area contributed by atoms with E-state index < -0.39 is 0 Å². The predicted molar refractivity (Wildman–Crippen MR) is 104 cm³/mol. The molecule has 0 bridgehead atoms. The number of halogens is 1. The van der Waals surface area contributed by atoms with Crippen LogP contribution in [0.1, 0.15) is 11.1 Å². The zero-order valence-electron chi connectivity index (χ0n) is 14.7. The first kappa shape index (κ1) is 17.9. The average Bonchev–Trinajstić information content (AvgIpc) is 3.19. The van der Waals surface area contributed by atoms with Crippen molar-refractivity contribution in [1.82, 2.24) is 4.98 Å². The summed E-state index contributed by atoms with van der Waals surface area (Å²) in [6.07, 6.45) is 1.57. The van der Waals surface area contributed by atoms with Crippen molar-refractivity contribution in [3.63, 3.8) is 0 Å². The third-order valence-corrected chi connectivity index (χ3v) is 4.16. The molecular formula is C20H16ClN3O4. The van der Waals surface area contributed by atoms with Gasteiger partial charge in [0.05, 0.1) is 5.02 Å². The molecule has 1 aliphatic heterocycles. The Bertz CT molecular complexity index is 994. The molecule has 142 valence electrons. The van der Waals surface area contributed by atoms with Gasteiger partial charge in [-0.05, 0) is 35.9 Å². The zero-order chi connectivity index (χ0) is 19.3. The highest BCUT2D eigenvalue weighted by Crippen LogP contribution is 2.39. The summed E-state index contributed by atoms with van der Waals surface area (Å²) >= 11 is 6.14. The van der Waals surface area contributed by atoms with Gasteiger partial charge in [0, 0.05) is 17.8 Å². The Kier molecular flexibility index (Phi) is 5.16. The lowest BCUT2D eigenvalue weighted by atomic mass is 10.2. The number of aromatic nitrogens is 1. The van der Waals surface area contributed by atoms with Crippen LogP contribution in [0.2, 0.25) is 5.02 Å². The maximum Gasteiger partial charge on any atom is 0.231 e. The third-order valence-electron chi connectivity index (χ3n) is 3.88. The minimum absolute atomic E-state index is 0.154. The van der Waals surface area contributed by atoms with Gasteiger partial charge in [-0.15, -0.1) is 0 Å². The normalized spacial score (nSPS) is 12.7. The molecule has 2 aromatic carbocycles. The van der Waals surface area contributed by atoms with E-state index in [-0.39, 0.29) is 19.2 Å². The number of oxime groups is 1. The summed E-state index contributed by atoms with van der Waals surface area (Å²) in [5, 5.41) is 4.39. The van der Waals surface area contributed by atoms with Crippen LogP contribution in [0.4, 0.5) is 0 Å². The van der Waals surface area contributed by atoms with Crippen LogP contribution in [0.5, 0.6) is 23.1 Å². The summed E-state index contributed by atoms with van der Waals surface area (Å²) in [6, 6.07) is 16.4. The topological polar surface area (TPSA) is 88.2 Å². The Balaban J connectivity index is 1.37. The quantitative estimate of drug-likeness (QED) is 0.383. The number of rotatable bonds is 6. The van der Waals surface area contributed by atoms with Crippen molar-refractivity contribution in [1.29, 1.82) is 0 Å². The van der Waals surface area contributed by atoms with E-state index in [4.69, 9.17) is 36.4 Å². The van der Waals surface area contributed by atoms with E-state index in [1.807, 2.05) is 30.3 Å². The SMILES string of the molecule is N/C(=N/OCc1cc(Cl)c2c(c1)OCO2)c1ccc(Oc2ccccc2)nc1. The number of hydrogen-bond donors (Lipinski definition) is 1. The van der Waals surface area contributed by atoms with Crippen molar-refractivity contribution in [2.75, 3.05) is 6.79 Å². The molecular weight excluding hydrogens is 382 g/mol. The van der Waals surface area contributed by atoms with Gasteiger partial charge >= 0.3 is 0 Å². The summed E-state index contributed by atoms with van der Waals surface area (Å²) in [5.74, 6) is 2.48. The Morgan fingerprint density at radius 2 is 2.00 bits per heavy atom. The number of hydrogen-bond acceptors (Lipinski definition) is 6. The van der Waals surface area contributed by atoms with Crippen molar-refractivity contribution in [2.24, 2.45) is 10.9 Å². The fourth-order valence-corrected chi connectivity index (χ4v) is 2.82. The van der Waals surface area contributed by atoms with E-state index in [1.54, 1.807) is 30.5 Å². The molecule has 0 unspecified atom stereocenters. The molecule has 0 spiro atoms. The molecule has 0 aliphatic carbocycles. The first-order valence-electron chi connectivity index (χ1n) is 8.42. The largest absolute Gasteiger partial charge is 0.454 e. The second-order valence-corrected chi connectivity index (χ2v) is 6.27. The minimum Gasteiger partial charge on any atom is -0.454 e. The average molecular weight is 398 g/mol. The molecule has 8 heteroatoms. The van der Waals surface area contributed by atoms with Crippen molar-refractivity contribution in [3.8, 4) is 23.1 Å². The molecule has 0 saturated heterocycles. The highest BCUT2D eigenvalue weighted by molar-refractivity contribution is 6.32. The van der Waals surface area contributed by atoms with Crippen LogP contribution in [0, 0.1) is 0 Å². The monoisotopic (exact) mass is 397 g/mol. The number of pyridine rings is 1. The van der Waals surface area contributed by atoms with Crippen LogP contribution in [-0.4, -0.2) is 17.6 Å². The summed E-state index contributed by atoms with van der Waals surface area (Å²) in [4.78, 5) is 9.55. The fourth-order valence-electron chi connectivity index (χ4n) is 2.53. The van der Waals surface area contributed by atoms with Gasteiger partial charge in [0.15, 0.2) is 17.3 Å². The zero-order valence-corrected chi connectivity index (χ0v) is 15.4. The molecule has 1 aliphatic rings. The van der Waals surface area contributed by atoms with Crippen LogP contribution in [0.15, 0.2) is 65.9 Å². The predicted octanol–water partition coefficient (Wildman–Crippen LogP) is 4.09. The number of nitrogens with two attached hydrogens (primary N) is 1. The van der Waals surface area contributed by atoms with Gasteiger partial charge in [-0.1, -0.05) is 35.0 Å². The van der Waals surface area contributed by atoms with E-state index in [9.17, 15) is 0 Å². The lowest BCUT2D eigenvalue weighted by molar-refractivity contribution is 0.130. The smallest absolute Gasteiger partial charge is 0.231 e. The molecule has 7 nitrogen and oxygen atoms in total. The van der Waals surface area contributed by atoms with E-state index >= 15 is 0 Å². The molecule has 0 atom stereocenters. The fraction of sp³-hybridized carbons (Fsp3) is 0.100. The first-order chi connectivity index (χ1) is 13.7. The molecule has 2 heterocycles. The highest BCUT2D eigenvalue weighted by atomic mass is 35.5. The molecule has 4 rings (SSSR count). The molecule has 28 heavy (non-hydrogen) atoms. The van der Waals surface area contributed by atoms with Crippen molar-refractivity contribution < 1.29 is 19.0 Å². The van der Waals surface area contributed by atoms with Gasteiger partial charge in [-0.25, -0.2) is 4.98 Å². The lowest BCUT2D eigenvalue weighted by Crippen LogP contribution is -2.14. The van der Waals surface area contributed by atoms with Gasteiger partial charge in [0.25, 0.3) is 0 Å². The maximum absolute atomic E-state index is 6.14. The van der Waals surface area contributed by atoms with Crippen molar-refractivity contribution in [2.45, 2.75) is 6.61 Å². The summed E-state index contributed by atoms with van der Waals surface area (Å²) < 4.78 is 16.2. The van der Waals surface area contributed by atoms with Crippen molar-refractivity contribution in [3.05, 3.63) is 76.9 Å². The van der Waals surface area contributed by atoms with Gasteiger partial charge < -0.3 is 24.8 Å². The third kappa shape index (κ3) is 4.10. The number of ether oxygens (including phenoxy) is 3. The number of para-hydroxylation sites is 1. The van der Waals surface area contributed by atoms with Crippen LogP contribution in [-0.2, 0) is 11.4 Å². The van der Waals surface area contributed by atoms with Gasteiger partial charge in [-0.2, -0.15) is 0 Å². The van der Waals surface area contributed by atoms with Gasteiger partial charge in [-0.3, -0.25) is 0 Å². The first-order valence-corrected chi connectivity index (χ1v) is 8.79. The molecule has 0 radical (unpaired) electrons. The highest BCUT2D eigenvalue weighted by Gasteiger charge is 2.18. The lowest BCUT2D eigenvalue weighted by Gasteiger charge is -2.06. The second kappa shape index (κ2) is 8.06. The Hall–Kier alpha value is -3.45. The minimum atomic E-state index is 0.154. The maximum atomic E-state index is 6.14. The van der Waals surface area contributed by atoms with Crippen LogP contribution in [0.3, 0.4) is 0 Å². The number of fused-ring (bicyclic) bond motifs is 1. The molecule has 0 saturated carbocycles. The van der Waals surface area contributed by atoms with Crippen molar-refractivity contribution >= 4 is 17.4 Å².